The summed E-state index contributed by atoms with van der Waals surface area (Å²) in [6.07, 6.45) is 3.28. The first-order chi connectivity index (χ1) is 18.2. The summed E-state index contributed by atoms with van der Waals surface area (Å²) >= 11 is 1.86. The number of hydrogen-bond donors (Lipinski definition) is 1. The van der Waals surface area contributed by atoms with Gasteiger partial charge in [0.2, 0.25) is 0 Å². The molecule has 0 atom stereocenters. The van der Waals surface area contributed by atoms with Crippen LogP contribution in [0.4, 0.5) is 0 Å². The van der Waals surface area contributed by atoms with Crippen molar-refractivity contribution in [2.45, 2.75) is 60.8 Å². The van der Waals surface area contributed by atoms with E-state index in [1.807, 2.05) is 59.1 Å². The Morgan fingerprint density at radius 2 is 1.57 bits per heavy atom. The summed E-state index contributed by atoms with van der Waals surface area (Å²) < 4.78 is 2.65. The Hall–Kier alpha value is -2.85. The second-order valence-corrected chi connectivity index (χ2v) is 14.1. The van der Waals surface area contributed by atoms with Gasteiger partial charge in [-0.05, 0) is 33.9 Å². The number of nitrogens with zero attached hydrogens (tertiary/aromatic N) is 1. The Morgan fingerprint density at radius 1 is 0.900 bits per heavy atom. The van der Waals surface area contributed by atoms with Gasteiger partial charge in [-0.2, -0.15) is 0 Å². The van der Waals surface area contributed by atoms with Gasteiger partial charge in [0, 0.05) is 58.3 Å². The first kappa shape index (κ1) is 30.1. The normalized spacial score (nSPS) is 14.3. The van der Waals surface area contributed by atoms with Gasteiger partial charge in [0.05, 0.1) is 0 Å². The molecule has 0 bridgehead atoms. The zero-order valence-corrected chi connectivity index (χ0v) is 27.6. The van der Waals surface area contributed by atoms with Crippen LogP contribution >= 0.6 is 11.3 Å². The maximum atomic E-state index is 11.5. The van der Waals surface area contributed by atoms with E-state index in [0.29, 0.717) is 0 Å². The summed E-state index contributed by atoms with van der Waals surface area (Å²) in [7, 11) is 0. The smallest absolute Gasteiger partial charge is 0.164 e. The quantitative estimate of drug-likeness (QED) is 0.106. The minimum Gasteiger partial charge on any atom is -0.512 e. The maximum absolute atomic E-state index is 11.5. The fourth-order valence-electron chi connectivity index (χ4n) is 5.02. The molecule has 3 aromatic carbocycles. The van der Waals surface area contributed by atoms with Gasteiger partial charge in [-0.15, -0.1) is 34.9 Å². The van der Waals surface area contributed by atoms with E-state index in [9.17, 15) is 9.90 Å². The number of rotatable bonds is 1. The third kappa shape index (κ3) is 5.28. The van der Waals surface area contributed by atoms with Crippen molar-refractivity contribution in [2.75, 3.05) is 0 Å². The van der Waals surface area contributed by atoms with Gasteiger partial charge in [-0.25, -0.2) is 0 Å². The molecule has 5 aromatic rings. The standard InChI is InChI=1S/C24H16NS.C11H20O2.Ir/c1-24(2)17-8-5-9-19-21(17)22-20(26-19)10-11-25-23(22)16-12-14-6-3-4-7-15(14)13-18(16)24;1-10(2,3)8(12)7-9(13)11(4,5)6;/h3-11,13H,1-2H3;7,12H,1-6H3;/q-1;;/b;8-7-;. The zero-order chi connectivity index (χ0) is 28.3. The van der Waals surface area contributed by atoms with Gasteiger partial charge in [0.15, 0.2) is 5.78 Å². The Bertz CT molecular complexity index is 1780. The molecule has 0 saturated heterocycles. The largest absolute Gasteiger partial charge is 0.512 e. The number of thiophene rings is 1. The Balaban J connectivity index is 0.000000229. The molecule has 1 aliphatic carbocycles. The monoisotopic (exact) mass is 727 g/mol. The fourth-order valence-corrected chi connectivity index (χ4v) is 6.15. The maximum Gasteiger partial charge on any atom is 0.164 e. The Morgan fingerprint density at radius 3 is 2.25 bits per heavy atom. The van der Waals surface area contributed by atoms with Crippen molar-refractivity contribution in [3.63, 3.8) is 0 Å². The molecule has 1 aliphatic rings. The van der Waals surface area contributed by atoms with Gasteiger partial charge in [-0.3, -0.25) is 9.78 Å². The molecule has 2 aromatic heterocycles. The second-order valence-electron chi connectivity index (χ2n) is 13.0. The molecule has 0 saturated carbocycles. The fraction of sp³-hybridized carbons (Fsp3) is 0.314. The molecule has 6 rings (SSSR count). The summed E-state index contributed by atoms with van der Waals surface area (Å²) in [5.74, 6) is 0.104. The first-order valence-electron chi connectivity index (χ1n) is 13.4. The van der Waals surface area contributed by atoms with Crippen LogP contribution in [-0.4, -0.2) is 15.9 Å². The molecule has 40 heavy (non-hydrogen) atoms. The van der Waals surface area contributed by atoms with Gasteiger partial charge in [0.25, 0.3) is 0 Å². The number of hydrogen-bond acceptors (Lipinski definition) is 4. The van der Waals surface area contributed by atoms with Crippen molar-refractivity contribution in [1.29, 1.82) is 0 Å². The molecule has 1 N–H and O–H groups in total. The van der Waals surface area contributed by atoms with Gasteiger partial charge in [-0.1, -0.05) is 102 Å². The van der Waals surface area contributed by atoms with Crippen LogP contribution in [0.1, 0.15) is 66.5 Å². The molecule has 0 spiro atoms. The van der Waals surface area contributed by atoms with E-state index >= 15 is 0 Å². The number of aromatic nitrogens is 1. The number of ketones is 1. The van der Waals surface area contributed by atoms with Crippen molar-refractivity contribution in [1.82, 2.24) is 4.98 Å². The van der Waals surface area contributed by atoms with Gasteiger partial charge in [0.1, 0.15) is 5.76 Å². The summed E-state index contributed by atoms with van der Waals surface area (Å²) in [6, 6.07) is 23.4. The number of fused-ring (bicyclic) bond motifs is 3. The summed E-state index contributed by atoms with van der Waals surface area (Å²) in [4.78, 5) is 16.3. The van der Waals surface area contributed by atoms with Crippen LogP contribution < -0.4 is 0 Å². The molecule has 3 nitrogen and oxygen atoms in total. The Kier molecular flexibility index (Phi) is 7.92. The predicted molar refractivity (Wildman–Crippen MR) is 166 cm³/mol. The van der Waals surface area contributed by atoms with Crippen molar-refractivity contribution in [2.24, 2.45) is 10.8 Å². The van der Waals surface area contributed by atoms with Crippen molar-refractivity contribution < 1.29 is 30.0 Å². The first-order valence-corrected chi connectivity index (χ1v) is 14.2. The second kappa shape index (κ2) is 10.5. The van der Waals surface area contributed by atoms with Crippen LogP contribution in [0.15, 0.2) is 72.6 Å². The average Bonchev–Trinajstić information content (AvgIpc) is 3.22. The van der Waals surface area contributed by atoms with Crippen LogP contribution in [0.5, 0.6) is 0 Å². The van der Waals surface area contributed by atoms with Crippen molar-refractivity contribution in [3.8, 4) is 11.3 Å². The number of allylic oxidation sites excluding steroid dienone is 2. The molecule has 2 heterocycles. The van der Waals surface area contributed by atoms with E-state index in [4.69, 9.17) is 4.98 Å². The van der Waals surface area contributed by atoms with Gasteiger partial charge >= 0.3 is 0 Å². The van der Waals surface area contributed by atoms with Crippen LogP contribution in [-0.2, 0) is 30.3 Å². The number of aliphatic hydroxyl groups excluding tert-OH is 1. The van der Waals surface area contributed by atoms with E-state index < -0.39 is 5.41 Å². The van der Waals surface area contributed by atoms with E-state index in [2.05, 4.69) is 74.5 Å². The molecule has 209 valence electrons. The summed E-state index contributed by atoms with van der Waals surface area (Å²) in [6.45, 7) is 15.8. The van der Waals surface area contributed by atoms with Crippen LogP contribution in [0.25, 0.3) is 42.2 Å². The third-order valence-electron chi connectivity index (χ3n) is 7.56. The van der Waals surface area contributed by atoms with Crippen molar-refractivity contribution in [3.05, 3.63) is 89.8 Å². The molecular weight excluding hydrogens is 691 g/mol. The topological polar surface area (TPSA) is 50.2 Å². The molecule has 0 amide bonds. The summed E-state index contributed by atoms with van der Waals surface area (Å²) in [5.41, 5.74) is 4.05. The SMILES string of the molecule is CC(C)(C)C(=O)/C=C(\O)C(C)(C)C.CC1(C)c2cc3ccccc3[c-]c2-c2nccc3sc4cccc1c4c23.[Ir]. The third-order valence-corrected chi connectivity index (χ3v) is 8.68. The number of benzene rings is 3. The number of carbonyl (C=O) groups excluding carboxylic acids is 1. The van der Waals surface area contributed by atoms with Crippen LogP contribution in [0.3, 0.4) is 0 Å². The summed E-state index contributed by atoms with van der Waals surface area (Å²) in [5, 5.41) is 14.6. The molecule has 0 aliphatic heterocycles. The van der Waals surface area contributed by atoms with Crippen LogP contribution in [0.2, 0.25) is 0 Å². The number of carbonyl (C=O) groups is 1. The minimum atomic E-state index is -0.417. The van der Waals surface area contributed by atoms with Gasteiger partial charge < -0.3 is 5.11 Å². The van der Waals surface area contributed by atoms with Crippen LogP contribution in [0, 0.1) is 16.9 Å². The zero-order valence-electron chi connectivity index (χ0n) is 24.4. The van der Waals surface area contributed by atoms with E-state index in [-0.39, 0.29) is 42.5 Å². The molecule has 5 heteroatoms. The molecular formula is C35H36IrNO2S-. The Labute approximate surface area is 254 Å². The number of pyridine rings is 1. The molecule has 0 unspecified atom stereocenters. The van der Waals surface area contributed by atoms with Crippen molar-refractivity contribution >= 4 is 48.1 Å². The molecule has 1 radical (unpaired) electrons. The van der Waals surface area contributed by atoms with E-state index in [1.54, 1.807) is 0 Å². The van der Waals surface area contributed by atoms with E-state index in [1.165, 1.54) is 42.8 Å². The predicted octanol–water partition coefficient (Wildman–Crippen LogP) is 9.80. The molecule has 0 fully saturated rings. The number of aliphatic hydroxyl groups is 1. The average molecular weight is 727 g/mol. The minimum absolute atomic E-state index is 0. The van der Waals surface area contributed by atoms with E-state index in [0.717, 1.165) is 16.6 Å².